The van der Waals surface area contributed by atoms with E-state index in [-0.39, 0.29) is 12.0 Å². The molecule has 0 bridgehead atoms. The first-order valence-corrected chi connectivity index (χ1v) is 9.35. The zero-order chi connectivity index (χ0) is 17.0. The minimum absolute atomic E-state index is 0.222. The molecule has 0 spiro atoms. The molecule has 1 aliphatic heterocycles. The van der Waals surface area contributed by atoms with Crippen molar-refractivity contribution in [1.29, 1.82) is 0 Å². The van der Waals surface area contributed by atoms with Crippen molar-refractivity contribution in [3.63, 3.8) is 0 Å². The van der Waals surface area contributed by atoms with Crippen LogP contribution in [-0.4, -0.2) is 44.6 Å². The van der Waals surface area contributed by atoms with Gasteiger partial charge in [-0.05, 0) is 58.1 Å². The maximum atomic E-state index is 12.4. The van der Waals surface area contributed by atoms with Crippen LogP contribution in [0.4, 0.5) is 4.79 Å². The molecule has 1 aromatic heterocycles. The average molecular weight is 338 g/mol. The number of piperidine rings is 1. The monoisotopic (exact) mass is 338 g/mol. The predicted molar refractivity (Wildman–Crippen MR) is 90.8 cm³/mol. The Labute approximate surface area is 140 Å². The van der Waals surface area contributed by atoms with Gasteiger partial charge in [0.1, 0.15) is 10.6 Å². The highest BCUT2D eigenvalue weighted by atomic mass is 32.2. The maximum absolute atomic E-state index is 12.4. The lowest BCUT2D eigenvalue weighted by Gasteiger charge is -2.33. The molecule has 0 aliphatic carbocycles. The topological polar surface area (TPSA) is 59.5 Å². The summed E-state index contributed by atoms with van der Waals surface area (Å²) in [6.45, 7) is 8.87. The van der Waals surface area contributed by atoms with Crippen LogP contribution in [0.25, 0.3) is 0 Å². The van der Waals surface area contributed by atoms with Gasteiger partial charge in [0.25, 0.3) is 0 Å². The highest BCUT2D eigenvalue weighted by Gasteiger charge is 2.28. The molecule has 23 heavy (non-hydrogen) atoms. The van der Waals surface area contributed by atoms with Crippen molar-refractivity contribution in [3.05, 3.63) is 23.9 Å². The SMILES string of the molecule is Cc1ccc([S@](=O)C[C@@H]2CCCN(C(=O)OC(C)(C)C)C2)nc1. The molecule has 1 fully saturated rings. The summed E-state index contributed by atoms with van der Waals surface area (Å²) in [6, 6.07) is 3.74. The molecule has 2 atom stereocenters. The van der Waals surface area contributed by atoms with Crippen LogP contribution in [0.5, 0.6) is 0 Å². The van der Waals surface area contributed by atoms with Crippen LogP contribution in [0.15, 0.2) is 23.4 Å². The standard InChI is InChI=1S/C17H26N2O3S/c1-13-7-8-15(18-10-13)23(21)12-14-6-5-9-19(11-14)16(20)22-17(2,3)4/h7-8,10,14H,5-6,9,11-12H2,1-4H3/t14-,23-/m1/s1. The normalized spacial score (nSPS) is 20.2. The summed E-state index contributed by atoms with van der Waals surface area (Å²) < 4.78 is 17.9. The molecule has 0 N–H and O–H groups in total. The van der Waals surface area contributed by atoms with Crippen LogP contribution in [0.3, 0.4) is 0 Å². The fraction of sp³-hybridized carbons (Fsp3) is 0.647. The summed E-state index contributed by atoms with van der Waals surface area (Å²) >= 11 is 0. The van der Waals surface area contributed by atoms with Crippen LogP contribution < -0.4 is 0 Å². The Balaban J connectivity index is 1.92. The lowest BCUT2D eigenvalue weighted by atomic mass is 10.0. The second kappa shape index (κ2) is 7.43. The van der Waals surface area contributed by atoms with Gasteiger partial charge in [-0.3, -0.25) is 4.21 Å². The molecular formula is C17H26N2O3S. The third kappa shape index (κ3) is 5.61. The Morgan fingerprint density at radius 3 is 2.78 bits per heavy atom. The minimum Gasteiger partial charge on any atom is -0.444 e. The highest BCUT2D eigenvalue weighted by Crippen LogP contribution is 2.21. The fourth-order valence-corrected chi connectivity index (χ4v) is 3.84. The number of hydrogen-bond donors (Lipinski definition) is 0. The van der Waals surface area contributed by atoms with Gasteiger partial charge < -0.3 is 9.64 Å². The summed E-state index contributed by atoms with van der Waals surface area (Å²) in [7, 11) is -1.13. The first kappa shape index (κ1) is 17.9. The largest absolute Gasteiger partial charge is 0.444 e. The van der Waals surface area contributed by atoms with E-state index in [1.807, 2.05) is 39.8 Å². The van der Waals surface area contributed by atoms with Gasteiger partial charge in [0.2, 0.25) is 0 Å². The van der Waals surface area contributed by atoms with E-state index in [1.165, 1.54) is 0 Å². The number of aryl methyl sites for hydroxylation is 1. The summed E-state index contributed by atoms with van der Waals surface area (Å²) in [5.74, 6) is 0.759. The number of likely N-dealkylation sites (tertiary alicyclic amines) is 1. The number of carbonyl (C=O) groups is 1. The number of amides is 1. The molecule has 0 saturated carbocycles. The van der Waals surface area contributed by atoms with E-state index in [2.05, 4.69) is 4.98 Å². The van der Waals surface area contributed by atoms with Crippen molar-refractivity contribution >= 4 is 16.9 Å². The second-order valence-corrected chi connectivity index (χ2v) is 8.56. The molecule has 128 valence electrons. The molecule has 0 unspecified atom stereocenters. The molecule has 1 aromatic rings. The summed E-state index contributed by atoms with van der Waals surface area (Å²) in [6.07, 6.45) is 3.36. The molecule has 2 rings (SSSR count). The first-order chi connectivity index (χ1) is 10.7. The van der Waals surface area contributed by atoms with Gasteiger partial charge in [-0.15, -0.1) is 0 Å². The Bertz CT molecular complexity index is 566. The lowest BCUT2D eigenvalue weighted by Crippen LogP contribution is -2.44. The van der Waals surface area contributed by atoms with Crippen molar-refractivity contribution in [2.24, 2.45) is 5.92 Å². The molecule has 2 heterocycles. The molecule has 1 aliphatic rings. The average Bonchev–Trinajstić information content (AvgIpc) is 2.46. The van der Waals surface area contributed by atoms with E-state index in [0.717, 1.165) is 18.4 Å². The summed E-state index contributed by atoms with van der Waals surface area (Å²) in [5, 5.41) is 0.616. The van der Waals surface area contributed by atoms with E-state index in [0.29, 0.717) is 23.9 Å². The number of nitrogens with zero attached hydrogens (tertiary/aromatic N) is 2. The Morgan fingerprint density at radius 2 is 2.17 bits per heavy atom. The van der Waals surface area contributed by atoms with E-state index < -0.39 is 16.4 Å². The molecule has 0 radical (unpaired) electrons. The minimum atomic E-state index is -1.13. The number of rotatable bonds is 3. The third-order valence-electron chi connectivity index (χ3n) is 3.68. The zero-order valence-electron chi connectivity index (χ0n) is 14.4. The highest BCUT2D eigenvalue weighted by molar-refractivity contribution is 7.84. The quantitative estimate of drug-likeness (QED) is 0.849. The molecule has 0 aromatic carbocycles. The van der Waals surface area contributed by atoms with Crippen molar-refractivity contribution in [2.45, 2.75) is 51.2 Å². The Hall–Kier alpha value is -1.43. The number of hydrogen-bond acceptors (Lipinski definition) is 4. The van der Waals surface area contributed by atoms with Crippen LogP contribution in [-0.2, 0) is 15.5 Å². The maximum Gasteiger partial charge on any atom is 0.410 e. The summed E-state index contributed by atoms with van der Waals surface area (Å²) in [5.41, 5.74) is 0.568. The van der Waals surface area contributed by atoms with Gasteiger partial charge in [0.05, 0.1) is 10.8 Å². The van der Waals surface area contributed by atoms with Crippen LogP contribution in [0.1, 0.15) is 39.2 Å². The van der Waals surface area contributed by atoms with Crippen molar-refractivity contribution in [1.82, 2.24) is 9.88 Å². The van der Waals surface area contributed by atoms with E-state index >= 15 is 0 Å². The Morgan fingerprint density at radius 1 is 1.43 bits per heavy atom. The second-order valence-electron chi connectivity index (χ2n) is 7.12. The van der Waals surface area contributed by atoms with Crippen LogP contribution >= 0.6 is 0 Å². The van der Waals surface area contributed by atoms with Crippen molar-refractivity contribution in [2.75, 3.05) is 18.8 Å². The number of ether oxygens (including phenoxy) is 1. The van der Waals surface area contributed by atoms with Crippen LogP contribution in [0.2, 0.25) is 0 Å². The van der Waals surface area contributed by atoms with Gasteiger partial charge in [-0.2, -0.15) is 0 Å². The zero-order valence-corrected chi connectivity index (χ0v) is 15.2. The third-order valence-corrected chi connectivity index (χ3v) is 5.16. The van der Waals surface area contributed by atoms with Crippen molar-refractivity contribution < 1.29 is 13.7 Å². The van der Waals surface area contributed by atoms with E-state index in [4.69, 9.17) is 4.74 Å². The predicted octanol–water partition coefficient (Wildman–Crippen LogP) is 3.14. The van der Waals surface area contributed by atoms with Gasteiger partial charge in [0, 0.05) is 25.0 Å². The van der Waals surface area contributed by atoms with Gasteiger partial charge >= 0.3 is 6.09 Å². The number of pyridine rings is 1. The molecular weight excluding hydrogens is 312 g/mol. The summed E-state index contributed by atoms with van der Waals surface area (Å²) in [4.78, 5) is 18.1. The van der Waals surface area contributed by atoms with Gasteiger partial charge in [-0.25, -0.2) is 9.78 Å². The molecule has 1 saturated heterocycles. The number of carbonyl (C=O) groups excluding carboxylic acids is 1. The Kier molecular flexibility index (Phi) is 5.79. The smallest absolute Gasteiger partial charge is 0.410 e. The van der Waals surface area contributed by atoms with Gasteiger partial charge in [0.15, 0.2) is 0 Å². The lowest BCUT2D eigenvalue weighted by molar-refractivity contribution is 0.0176. The molecule has 6 heteroatoms. The first-order valence-electron chi connectivity index (χ1n) is 8.03. The number of aromatic nitrogens is 1. The van der Waals surface area contributed by atoms with E-state index in [9.17, 15) is 9.00 Å². The van der Waals surface area contributed by atoms with Gasteiger partial charge in [-0.1, -0.05) is 6.07 Å². The van der Waals surface area contributed by atoms with Crippen molar-refractivity contribution in [3.8, 4) is 0 Å². The molecule has 1 amide bonds. The van der Waals surface area contributed by atoms with E-state index in [1.54, 1.807) is 11.1 Å². The van der Waals surface area contributed by atoms with Crippen LogP contribution in [0, 0.1) is 12.8 Å². The molecule has 5 nitrogen and oxygen atoms in total. The fourth-order valence-electron chi connectivity index (χ4n) is 2.58.